The first-order chi connectivity index (χ1) is 9.46. The average Bonchev–Trinajstić information content (AvgIpc) is 2.45. The van der Waals surface area contributed by atoms with Crippen molar-refractivity contribution in [3.8, 4) is 0 Å². The van der Waals surface area contributed by atoms with Crippen LogP contribution in [0.25, 0.3) is 0 Å². The summed E-state index contributed by atoms with van der Waals surface area (Å²) in [5, 5.41) is 0. The van der Waals surface area contributed by atoms with Crippen molar-refractivity contribution in [2.75, 3.05) is 32.8 Å². The van der Waals surface area contributed by atoms with Crippen LogP contribution in [0.1, 0.15) is 52.9 Å². The van der Waals surface area contributed by atoms with Crippen molar-refractivity contribution >= 4 is 6.09 Å². The van der Waals surface area contributed by atoms with E-state index in [1.807, 2.05) is 4.90 Å². The number of ether oxygens (including phenoxy) is 1. The zero-order chi connectivity index (χ0) is 14.6. The number of hydrogen-bond acceptors (Lipinski definition) is 3. The van der Waals surface area contributed by atoms with Gasteiger partial charge < -0.3 is 14.5 Å². The van der Waals surface area contributed by atoms with Crippen molar-refractivity contribution in [1.29, 1.82) is 0 Å². The highest BCUT2D eigenvalue weighted by molar-refractivity contribution is 5.67. The third-order valence-electron chi connectivity index (χ3n) is 4.26. The van der Waals surface area contributed by atoms with Crippen molar-refractivity contribution in [3.63, 3.8) is 0 Å². The van der Waals surface area contributed by atoms with E-state index < -0.39 is 0 Å². The van der Waals surface area contributed by atoms with Gasteiger partial charge in [-0.3, -0.25) is 0 Å². The number of nitrogens with zero attached hydrogens (tertiary/aromatic N) is 2. The molecule has 0 spiro atoms. The maximum atomic E-state index is 12.0. The molecule has 2 saturated heterocycles. The van der Waals surface area contributed by atoms with Crippen LogP contribution in [0.5, 0.6) is 0 Å². The summed E-state index contributed by atoms with van der Waals surface area (Å²) in [5.41, 5.74) is 0.0434. The fourth-order valence-electron chi connectivity index (χ4n) is 3.07. The molecule has 1 amide bonds. The summed E-state index contributed by atoms with van der Waals surface area (Å²) < 4.78 is 5.40. The van der Waals surface area contributed by atoms with Gasteiger partial charge in [-0.05, 0) is 44.2 Å². The zero-order valence-corrected chi connectivity index (χ0v) is 13.4. The largest absolute Gasteiger partial charge is 0.449 e. The molecule has 2 aliphatic heterocycles. The minimum Gasteiger partial charge on any atom is -0.449 e. The van der Waals surface area contributed by atoms with Gasteiger partial charge in [0.1, 0.15) is 0 Å². The highest BCUT2D eigenvalue weighted by atomic mass is 16.6. The van der Waals surface area contributed by atoms with E-state index in [1.165, 1.54) is 32.4 Å². The number of amides is 1. The van der Waals surface area contributed by atoms with E-state index in [2.05, 4.69) is 25.7 Å². The molecule has 4 nitrogen and oxygen atoms in total. The Labute approximate surface area is 123 Å². The van der Waals surface area contributed by atoms with Crippen molar-refractivity contribution in [2.45, 2.75) is 58.9 Å². The molecule has 20 heavy (non-hydrogen) atoms. The topological polar surface area (TPSA) is 32.8 Å². The highest BCUT2D eigenvalue weighted by Gasteiger charge is 2.28. The summed E-state index contributed by atoms with van der Waals surface area (Å²) in [6.45, 7) is 11.0. The van der Waals surface area contributed by atoms with Crippen LogP contribution in [0.3, 0.4) is 0 Å². The van der Waals surface area contributed by atoms with Crippen molar-refractivity contribution in [2.24, 2.45) is 5.41 Å². The minimum absolute atomic E-state index is 0.0434. The van der Waals surface area contributed by atoms with E-state index in [0.29, 0.717) is 12.6 Å². The van der Waals surface area contributed by atoms with Gasteiger partial charge >= 0.3 is 6.09 Å². The molecular weight excluding hydrogens is 252 g/mol. The molecule has 0 aliphatic carbocycles. The number of likely N-dealkylation sites (tertiary alicyclic amines) is 2. The number of carbonyl (C=O) groups is 1. The molecule has 2 heterocycles. The number of carbonyl (C=O) groups excluding carboxylic acids is 1. The first-order valence-electron chi connectivity index (χ1n) is 8.11. The van der Waals surface area contributed by atoms with E-state index in [4.69, 9.17) is 4.74 Å². The van der Waals surface area contributed by atoms with Gasteiger partial charge in [0.2, 0.25) is 0 Å². The fourth-order valence-corrected chi connectivity index (χ4v) is 3.07. The van der Waals surface area contributed by atoms with Crippen LogP contribution in [-0.2, 0) is 4.74 Å². The molecule has 0 radical (unpaired) electrons. The Bertz CT molecular complexity index is 311. The molecule has 0 aromatic carbocycles. The molecule has 0 N–H and O–H groups in total. The summed E-state index contributed by atoms with van der Waals surface area (Å²) in [4.78, 5) is 16.5. The van der Waals surface area contributed by atoms with Crippen LogP contribution in [0.2, 0.25) is 0 Å². The molecule has 2 aliphatic rings. The molecular formula is C16H30N2O2. The van der Waals surface area contributed by atoms with Crippen molar-refractivity contribution in [3.05, 3.63) is 0 Å². The zero-order valence-electron chi connectivity index (χ0n) is 13.4. The van der Waals surface area contributed by atoms with Gasteiger partial charge in [-0.15, -0.1) is 0 Å². The minimum atomic E-state index is -0.128. The van der Waals surface area contributed by atoms with Crippen LogP contribution in [0.15, 0.2) is 0 Å². The smallest absolute Gasteiger partial charge is 0.409 e. The fraction of sp³-hybridized carbons (Fsp3) is 0.938. The third kappa shape index (κ3) is 4.65. The van der Waals surface area contributed by atoms with Gasteiger partial charge in [0.15, 0.2) is 0 Å². The molecule has 0 aromatic heterocycles. The lowest BCUT2D eigenvalue weighted by atomic mass is 9.99. The third-order valence-corrected chi connectivity index (χ3v) is 4.26. The quantitative estimate of drug-likeness (QED) is 0.780. The Kier molecular flexibility index (Phi) is 5.30. The van der Waals surface area contributed by atoms with E-state index in [1.54, 1.807) is 0 Å². The van der Waals surface area contributed by atoms with Crippen LogP contribution < -0.4 is 0 Å². The second-order valence-corrected chi connectivity index (χ2v) is 7.43. The maximum Gasteiger partial charge on any atom is 0.409 e. The molecule has 2 rings (SSSR count). The van der Waals surface area contributed by atoms with Gasteiger partial charge in [-0.1, -0.05) is 27.2 Å². The SMILES string of the molecule is CC(C)(C)COC(=O)N1CCC(N2CCCCC2)CC1. The molecule has 4 heteroatoms. The standard InChI is InChI=1S/C16H30N2O2/c1-16(2,3)13-20-15(19)18-11-7-14(8-12-18)17-9-5-4-6-10-17/h14H,4-13H2,1-3H3. The Hall–Kier alpha value is -0.770. The summed E-state index contributed by atoms with van der Waals surface area (Å²) in [6.07, 6.45) is 6.14. The van der Waals surface area contributed by atoms with Gasteiger partial charge in [0, 0.05) is 19.1 Å². The molecule has 0 unspecified atom stereocenters. The van der Waals surface area contributed by atoms with Gasteiger partial charge in [0.25, 0.3) is 0 Å². The molecule has 0 saturated carbocycles. The average molecular weight is 282 g/mol. The lowest BCUT2D eigenvalue weighted by Gasteiger charge is -2.40. The van der Waals surface area contributed by atoms with Crippen molar-refractivity contribution < 1.29 is 9.53 Å². The summed E-state index contributed by atoms with van der Waals surface area (Å²) in [6, 6.07) is 0.682. The Balaban J connectivity index is 1.71. The lowest BCUT2D eigenvalue weighted by molar-refractivity contribution is 0.0495. The second-order valence-electron chi connectivity index (χ2n) is 7.43. The summed E-state index contributed by atoms with van der Waals surface area (Å²) >= 11 is 0. The number of piperidine rings is 2. The Morgan fingerprint density at radius 2 is 1.65 bits per heavy atom. The number of rotatable bonds is 2. The molecule has 0 bridgehead atoms. The first-order valence-corrected chi connectivity index (χ1v) is 8.11. The van der Waals surface area contributed by atoms with Crippen LogP contribution in [-0.4, -0.2) is 54.7 Å². The monoisotopic (exact) mass is 282 g/mol. The molecule has 2 fully saturated rings. The van der Waals surface area contributed by atoms with Crippen molar-refractivity contribution in [1.82, 2.24) is 9.80 Å². The van der Waals surface area contributed by atoms with Crippen LogP contribution in [0.4, 0.5) is 4.79 Å². The molecule has 0 atom stereocenters. The summed E-state index contributed by atoms with van der Waals surface area (Å²) in [7, 11) is 0. The van der Waals surface area contributed by atoms with E-state index >= 15 is 0 Å². The molecule has 116 valence electrons. The van der Waals surface area contributed by atoms with E-state index in [0.717, 1.165) is 25.9 Å². The van der Waals surface area contributed by atoms with Crippen LogP contribution >= 0.6 is 0 Å². The van der Waals surface area contributed by atoms with E-state index in [9.17, 15) is 4.79 Å². The first kappa shape index (κ1) is 15.6. The van der Waals surface area contributed by atoms with Gasteiger partial charge in [0.05, 0.1) is 6.61 Å². The second kappa shape index (κ2) is 6.79. The predicted molar refractivity (Wildman–Crippen MR) is 80.8 cm³/mol. The van der Waals surface area contributed by atoms with Gasteiger partial charge in [-0.2, -0.15) is 0 Å². The predicted octanol–water partition coefficient (Wildman–Crippen LogP) is 3.12. The normalized spacial score (nSPS) is 22.9. The maximum absolute atomic E-state index is 12.0. The number of hydrogen-bond donors (Lipinski definition) is 0. The Morgan fingerprint density at radius 3 is 2.20 bits per heavy atom. The van der Waals surface area contributed by atoms with Crippen LogP contribution in [0, 0.1) is 5.41 Å². The highest BCUT2D eigenvalue weighted by Crippen LogP contribution is 2.21. The van der Waals surface area contributed by atoms with E-state index in [-0.39, 0.29) is 11.5 Å². The summed E-state index contributed by atoms with van der Waals surface area (Å²) in [5.74, 6) is 0. The lowest BCUT2D eigenvalue weighted by Crippen LogP contribution is -2.48. The van der Waals surface area contributed by atoms with Gasteiger partial charge in [-0.25, -0.2) is 4.79 Å². The molecule has 0 aromatic rings. The Morgan fingerprint density at radius 1 is 1.05 bits per heavy atom.